The number of alkyl halides is 3. The van der Waals surface area contributed by atoms with E-state index in [-0.39, 0.29) is 18.8 Å². The molecule has 0 radical (unpaired) electrons. The van der Waals surface area contributed by atoms with Gasteiger partial charge in [-0.15, -0.1) is 11.8 Å². The monoisotopic (exact) mass is 232 g/mol. The summed E-state index contributed by atoms with van der Waals surface area (Å²) < 4.78 is 36.5. The van der Waals surface area contributed by atoms with E-state index in [1.54, 1.807) is 0 Å². The fraction of sp³-hybridized carbons (Fsp3) is 0.857. The molecule has 0 fully saturated rings. The van der Waals surface area contributed by atoms with Crippen LogP contribution in [0.3, 0.4) is 0 Å². The van der Waals surface area contributed by atoms with Gasteiger partial charge in [-0.05, 0) is 12.2 Å². The summed E-state index contributed by atoms with van der Waals surface area (Å²) in [5.74, 6) is -1.36. The zero-order valence-corrected chi connectivity index (χ0v) is 8.07. The normalized spacial score (nSPS) is 14.0. The predicted octanol–water partition coefficient (Wildman–Crippen LogP) is 1.51. The maximum absolute atomic E-state index is 12.2. The summed E-state index contributed by atoms with van der Waals surface area (Å²) in [5, 5.41) is 14.7. The molecule has 0 saturated carbocycles. The number of hydrogen-bond donors (Lipinski definition) is 2. The number of carboxylic acid groups (broad SMARTS) is 1. The highest BCUT2D eigenvalue weighted by atomic mass is 32.2. The number of carbonyl (C=O) groups is 1. The van der Waals surface area contributed by atoms with Crippen molar-refractivity contribution < 1.29 is 28.2 Å². The molecule has 2 N–H and O–H groups in total. The molecule has 0 spiro atoms. The van der Waals surface area contributed by atoms with Crippen molar-refractivity contribution in [2.45, 2.75) is 24.3 Å². The van der Waals surface area contributed by atoms with E-state index in [1.807, 2.05) is 0 Å². The summed E-state index contributed by atoms with van der Waals surface area (Å²) in [6, 6.07) is 0. The number of carboxylic acids is 1. The topological polar surface area (TPSA) is 57.5 Å². The molecule has 84 valence electrons. The molecule has 1 unspecified atom stereocenters. The van der Waals surface area contributed by atoms with Crippen LogP contribution >= 0.6 is 11.8 Å². The number of hydrogen-bond acceptors (Lipinski definition) is 3. The van der Waals surface area contributed by atoms with Crippen molar-refractivity contribution in [3.05, 3.63) is 0 Å². The molecule has 0 rings (SSSR count). The molecule has 1 atom stereocenters. The Morgan fingerprint density at radius 3 is 2.36 bits per heavy atom. The molecule has 0 aromatic carbocycles. The summed E-state index contributed by atoms with van der Waals surface area (Å²) in [6.45, 7) is -0.190. The minimum absolute atomic E-state index is 0.105. The maximum atomic E-state index is 12.2. The lowest BCUT2D eigenvalue weighted by molar-refractivity contribution is -0.149. The third kappa shape index (κ3) is 6.09. The van der Waals surface area contributed by atoms with Crippen molar-refractivity contribution in [3.63, 3.8) is 0 Å². The van der Waals surface area contributed by atoms with E-state index in [1.165, 1.54) is 0 Å². The second-order valence-corrected chi connectivity index (χ2v) is 3.89. The van der Waals surface area contributed by atoms with Gasteiger partial charge in [-0.3, -0.25) is 4.79 Å². The number of aliphatic carboxylic acids is 1. The molecule has 0 bridgehead atoms. The van der Waals surface area contributed by atoms with E-state index < -0.39 is 23.8 Å². The zero-order valence-electron chi connectivity index (χ0n) is 7.25. The Morgan fingerprint density at radius 2 is 2.00 bits per heavy atom. The van der Waals surface area contributed by atoms with Crippen LogP contribution in [0.25, 0.3) is 0 Å². The summed E-state index contributed by atoms with van der Waals surface area (Å²) in [6.07, 6.45) is -5.20. The van der Waals surface area contributed by atoms with Crippen LogP contribution in [0, 0.1) is 0 Å². The smallest absolute Gasteiger partial charge is 0.401 e. The van der Waals surface area contributed by atoms with Gasteiger partial charge in [0.05, 0.1) is 6.42 Å². The largest absolute Gasteiger partial charge is 0.481 e. The first-order valence-corrected chi connectivity index (χ1v) is 4.93. The average molecular weight is 232 g/mol. The van der Waals surface area contributed by atoms with Crippen LogP contribution in [0.15, 0.2) is 0 Å². The number of rotatable bonds is 6. The Kier molecular flexibility index (Phi) is 5.94. The van der Waals surface area contributed by atoms with Crippen molar-refractivity contribution in [2.24, 2.45) is 0 Å². The van der Waals surface area contributed by atoms with Crippen LogP contribution in [0.4, 0.5) is 13.2 Å². The zero-order chi connectivity index (χ0) is 11.2. The van der Waals surface area contributed by atoms with E-state index >= 15 is 0 Å². The van der Waals surface area contributed by atoms with Gasteiger partial charge in [0.25, 0.3) is 0 Å². The van der Waals surface area contributed by atoms with Crippen LogP contribution in [0.1, 0.15) is 12.8 Å². The quantitative estimate of drug-likeness (QED) is 0.681. The first-order valence-electron chi connectivity index (χ1n) is 3.89. The summed E-state index contributed by atoms with van der Waals surface area (Å²) in [7, 11) is 0. The van der Waals surface area contributed by atoms with Crippen molar-refractivity contribution in [3.8, 4) is 0 Å². The van der Waals surface area contributed by atoms with Gasteiger partial charge in [-0.2, -0.15) is 13.2 Å². The Morgan fingerprint density at radius 1 is 1.43 bits per heavy atom. The molecular weight excluding hydrogens is 221 g/mol. The van der Waals surface area contributed by atoms with E-state index in [9.17, 15) is 18.0 Å². The molecule has 0 aliphatic heterocycles. The average Bonchev–Trinajstić information content (AvgIpc) is 2.00. The molecule has 14 heavy (non-hydrogen) atoms. The summed E-state index contributed by atoms with van der Waals surface area (Å²) in [4.78, 5) is 10.1. The second-order valence-electron chi connectivity index (χ2n) is 2.58. The van der Waals surface area contributed by atoms with Crippen LogP contribution < -0.4 is 0 Å². The lowest BCUT2D eigenvalue weighted by Crippen LogP contribution is -2.28. The van der Waals surface area contributed by atoms with Crippen molar-refractivity contribution in [1.29, 1.82) is 0 Å². The van der Waals surface area contributed by atoms with E-state index in [4.69, 9.17) is 10.2 Å². The van der Waals surface area contributed by atoms with E-state index in [0.29, 0.717) is 11.8 Å². The van der Waals surface area contributed by atoms with Crippen molar-refractivity contribution >= 4 is 17.7 Å². The Balaban J connectivity index is 4.05. The SMILES string of the molecule is O=C(O)CC(SCCCO)C(F)(F)F. The van der Waals surface area contributed by atoms with E-state index in [0.717, 1.165) is 0 Å². The lowest BCUT2D eigenvalue weighted by atomic mass is 10.3. The van der Waals surface area contributed by atoms with Gasteiger partial charge < -0.3 is 10.2 Å². The van der Waals surface area contributed by atoms with Crippen LogP contribution in [-0.4, -0.2) is 40.0 Å². The van der Waals surface area contributed by atoms with Crippen molar-refractivity contribution in [1.82, 2.24) is 0 Å². The van der Waals surface area contributed by atoms with Gasteiger partial charge in [0.15, 0.2) is 0 Å². The molecule has 3 nitrogen and oxygen atoms in total. The summed E-state index contributed by atoms with van der Waals surface area (Å²) >= 11 is 0.516. The number of aliphatic hydroxyl groups is 1. The predicted molar refractivity (Wildman–Crippen MR) is 46.3 cm³/mol. The summed E-state index contributed by atoms with van der Waals surface area (Å²) in [5.41, 5.74) is 0. The molecule has 0 aliphatic rings. The highest BCUT2D eigenvalue weighted by Gasteiger charge is 2.41. The van der Waals surface area contributed by atoms with Gasteiger partial charge in [-0.25, -0.2) is 0 Å². The fourth-order valence-corrected chi connectivity index (χ4v) is 1.75. The van der Waals surface area contributed by atoms with Gasteiger partial charge in [-0.1, -0.05) is 0 Å². The van der Waals surface area contributed by atoms with Gasteiger partial charge >= 0.3 is 12.1 Å². The first-order chi connectivity index (χ1) is 6.38. The third-order valence-corrected chi connectivity index (χ3v) is 2.71. The maximum Gasteiger partial charge on any atom is 0.401 e. The molecule has 0 heterocycles. The first kappa shape index (κ1) is 13.6. The minimum atomic E-state index is -4.50. The standard InChI is InChI=1S/C7H11F3O3S/c8-7(9,10)5(4-6(12)13)14-3-1-2-11/h5,11H,1-4H2,(H,12,13). The molecule has 0 saturated heterocycles. The Labute approximate surface area is 83.3 Å². The molecule has 0 aromatic rings. The van der Waals surface area contributed by atoms with Gasteiger partial charge in [0.2, 0.25) is 0 Å². The molecule has 7 heteroatoms. The molecule has 0 aromatic heterocycles. The second kappa shape index (κ2) is 6.13. The van der Waals surface area contributed by atoms with Crippen LogP contribution in [0.2, 0.25) is 0 Å². The number of aliphatic hydroxyl groups excluding tert-OH is 1. The van der Waals surface area contributed by atoms with Crippen molar-refractivity contribution in [2.75, 3.05) is 12.4 Å². The van der Waals surface area contributed by atoms with E-state index in [2.05, 4.69) is 0 Å². The molecular formula is C7H11F3O3S. The van der Waals surface area contributed by atoms with Gasteiger partial charge in [0.1, 0.15) is 5.25 Å². The number of thioether (sulfide) groups is 1. The lowest BCUT2D eigenvalue weighted by Gasteiger charge is -2.17. The third-order valence-electron chi connectivity index (χ3n) is 1.35. The highest BCUT2D eigenvalue weighted by molar-refractivity contribution is 8.00. The highest BCUT2D eigenvalue weighted by Crippen LogP contribution is 2.32. The van der Waals surface area contributed by atoms with Crippen LogP contribution in [-0.2, 0) is 4.79 Å². The minimum Gasteiger partial charge on any atom is -0.481 e. The molecule has 0 amide bonds. The van der Waals surface area contributed by atoms with Gasteiger partial charge in [0, 0.05) is 6.61 Å². The fourth-order valence-electron chi connectivity index (χ4n) is 0.718. The Bertz CT molecular complexity index is 184. The molecule has 0 aliphatic carbocycles. The number of halogens is 3. The Hall–Kier alpha value is -0.430. The van der Waals surface area contributed by atoms with Crippen LogP contribution in [0.5, 0.6) is 0 Å².